The number of hydrogen-bond donors (Lipinski definition) is 1. The molecule has 0 fully saturated rings. The van der Waals surface area contributed by atoms with Crippen molar-refractivity contribution < 1.29 is 0 Å². The van der Waals surface area contributed by atoms with Crippen LogP contribution >= 0.6 is 0 Å². The third-order valence-corrected chi connectivity index (χ3v) is 7.88. The van der Waals surface area contributed by atoms with Gasteiger partial charge in [-0.25, -0.2) is 9.98 Å². The van der Waals surface area contributed by atoms with E-state index in [-0.39, 0.29) is 5.84 Å². The van der Waals surface area contributed by atoms with E-state index in [9.17, 15) is 5.26 Å². The van der Waals surface area contributed by atoms with E-state index in [0.717, 1.165) is 43.8 Å². The lowest BCUT2D eigenvalue weighted by molar-refractivity contribution is 1.39. The highest BCUT2D eigenvalue weighted by Crippen LogP contribution is 2.32. The number of amidine groups is 2. The Morgan fingerprint density at radius 2 is 1.20 bits per heavy atom. The summed E-state index contributed by atoms with van der Waals surface area (Å²) in [5.74, 6) is 0.503. The van der Waals surface area contributed by atoms with Crippen LogP contribution in [0.15, 0.2) is 156 Å². The van der Waals surface area contributed by atoms with Crippen LogP contribution in [0.4, 0.5) is 0 Å². The van der Waals surface area contributed by atoms with E-state index in [2.05, 4.69) is 72.8 Å². The van der Waals surface area contributed by atoms with Gasteiger partial charge in [0.25, 0.3) is 0 Å². The Morgan fingerprint density at radius 1 is 0.568 bits per heavy atom. The lowest BCUT2D eigenvalue weighted by Crippen LogP contribution is -2.05. The van der Waals surface area contributed by atoms with Crippen LogP contribution in [-0.4, -0.2) is 17.9 Å². The molecule has 206 valence electrons. The second-order valence-electron chi connectivity index (χ2n) is 10.6. The van der Waals surface area contributed by atoms with E-state index in [1.165, 1.54) is 10.8 Å². The molecular formula is C40H26N4. The second-order valence-corrected chi connectivity index (χ2v) is 10.6. The Balaban J connectivity index is 1.34. The number of hydrogen-bond acceptors (Lipinski definition) is 2. The highest BCUT2D eigenvalue weighted by atomic mass is 14.9. The fourth-order valence-electron chi connectivity index (χ4n) is 5.60. The number of nitriles is 1. The van der Waals surface area contributed by atoms with E-state index >= 15 is 0 Å². The Bertz CT molecular complexity index is 2270. The summed E-state index contributed by atoms with van der Waals surface area (Å²) in [5.41, 5.74) is 5.15. The van der Waals surface area contributed by atoms with Gasteiger partial charge in [0.2, 0.25) is 0 Å². The first-order valence-corrected chi connectivity index (χ1v) is 14.4. The normalized spacial score (nSPS) is 11.8. The Kier molecular flexibility index (Phi) is 7.04. The van der Waals surface area contributed by atoms with Crippen molar-refractivity contribution in [1.82, 2.24) is 0 Å². The Hall–Kier alpha value is -6.18. The van der Waals surface area contributed by atoms with Crippen LogP contribution in [0, 0.1) is 16.7 Å². The molecular weight excluding hydrogens is 536 g/mol. The molecule has 0 spiro atoms. The SMILES string of the molecule is N#Cc1ccc(C(N=Cc2c3ccccc3cc3c2ccc2ccccc23)=NC(=N)c2ccc(-c3ccccc3)cc2)cc1. The second kappa shape index (κ2) is 11.6. The molecule has 0 saturated heterocycles. The zero-order chi connectivity index (χ0) is 29.9. The maximum absolute atomic E-state index is 9.35. The quantitative estimate of drug-likeness (QED) is 0.0986. The molecule has 1 N–H and O–H groups in total. The van der Waals surface area contributed by atoms with Crippen LogP contribution in [0.1, 0.15) is 22.3 Å². The molecule has 0 unspecified atom stereocenters. The molecule has 0 aliphatic heterocycles. The predicted molar refractivity (Wildman–Crippen MR) is 183 cm³/mol. The Labute approximate surface area is 255 Å². The van der Waals surface area contributed by atoms with Crippen LogP contribution in [0.2, 0.25) is 0 Å². The van der Waals surface area contributed by atoms with E-state index in [4.69, 9.17) is 15.4 Å². The minimum absolute atomic E-state index is 0.106. The van der Waals surface area contributed by atoms with E-state index < -0.39 is 0 Å². The molecule has 0 atom stereocenters. The van der Waals surface area contributed by atoms with Crippen molar-refractivity contribution in [3.8, 4) is 17.2 Å². The summed E-state index contributed by atoms with van der Waals surface area (Å²) >= 11 is 0. The van der Waals surface area contributed by atoms with Gasteiger partial charge in [-0.3, -0.25) is 5.41 Å². The van der Waals surface area contributed by atoms with E-state index in [1.807, 2.05) is 72.9 Å². The van der Waals surface area contributed by atoms with E-state index in [1.54, 1.807) is 12.1 Å². The van der Waals surface area contributed by atoms with Gasteiger partial charge in [0.05, 0.1) is 11.6 Å². The molecule has 0 bridgehead atoms. The molecule has 0 aliphatic carbocycles. The van der Waals surface area contributed by atoms with Gasteiger partial charge in [-0.1, -0.05) is 115 Å². The minimum Gasteiger partial charge on any atom is -0.282 e. The van der Waals surface area contributed by atoms with Gasteiger partial charge >= 0.3 is 0 Å². The summed E-state index contributed by atoms with van der Waals surface area (Å²) in [6, 6.07) is 50.6. The number of benzene rings is 7. The van der Waals surface area contributed by atoms with Crippen molar-refractivity contribution >= 4 is 50.2 Å². The fourth-order valence-corrected chi connectivity index (χ4v) is 5.60. The van der Waals surface area contributed by atoms with Crippen LogP contribution in [0.3, 0.4) is 0 Å². The van der Waals surface area contributed by atoms with Crippen molar-refractivity contribution in [2.75, 3.05) is 0 Å². The molecule has 0 aliphatic rings. The highest BCUT2D eigenvalue weighted by molar-refractivity contribution is 6.22. The molecule has 0 amide bonds. The van der Waals surface area contributed by atoms with Gasteiger partial charge in [0.15, 0.2) is 11.7 Å². The largest absolute Gasteiger partial charge is 0.282 e. The maximum atomic E-state index is 9.35. The summed E-state index contributed by atoms with van der Waals surface area (Å²) in [5, 5.41) is 25.1. The first-order valence-electron chi connectivity index (χ1n) is 14.4. The van der Waals surface area contributed by atoms with Gasteiger partial charge in [0.1, 0.15) is 0 Å². The molecule has 4 heteroatoms. The molecule has 0 saturated carbocycles. The Morgan fingerprint density at radius 3 is 1.95 bits per heavy atom. The third-order valence-electron chi connectivity index (χ3n) is 7.88. The number of rotatable bonds is 4. The van der Waals surface area contributed by atoms with Gasteiger partial charge in [0, 0.05) is 22.9 Å². The maximum Gasteiger partial charge on any atom is 0.161 e. The standard InChI is InChI=1S/C40H26N4/c41-25-27-14-16-32(17-15-27)40(44-39(42)31-20-18-29(19-21-31)28-8-2-1-3-9-28)43-26-38-35-13-7-5-11-33(35)24-37-34-12-6-4-10-30(34)22-23-36(37)38/h1-24,26,42H. The molecule has 7 aromatic rings. The number of aliphatic imine (C=N–C) groups is 2. The summed E-state index contributed by atoms with van der Waals surface area (Å²) in [6.45, 7) is 0. The van der Waals surface area contributed by atoms with Crippen molar-refractivity contribution in [1.29, 1.82) is 10.7 Å². The van der Waals surface area contributed by atoms with Crippen LogP contribution in [0.5, 0.6) is 0 Å². The molecule has 7 rings (SSSR count). The van der Waals surface area contributed by atoms with Crippen LogP contribution < -0.4 is 0 Å². The smallest absolute Gasteiger partial charge is 0.161 e. The van der Waals surface area contributed by atoms with Crippen LogP contribution in [-0.2, 0) is 0 Å². The average molecular weight is 563 g/mol. The summed E-state index contributed by atoms with van der Waals surface area (Å²) in [6.07, 6.45) is 1.86. The summed E-state index contributed by atoms with van der Waals surface area (Å²) in [7, 11) is 0. The summed E-state index contributed by atoms with van der Waals surface area (Å²) in [4.78, 5) is 9.65. The molecule has 44 heavy (non-hydrogen) atoms. The molecule has 0 radical (unpaired) electrons. The number of nitrogens with zero attached hydrogens (tertiary/aromatic N) is 3. The average Bonchev–Trinajstić information content (AvgIpc) is 3.10. The first kappa shape index (κ1) is 26.7. The van der Waals surface area contributed by atoms with Crippen molar-refractivity contribution in [2.24, 2.45) is 9.98 Å². The van der Waals surface area contributed by atoms with E-state index in [0.29, 0.717) is 17.0 Å². The van der Waals surface area contributed by atoms with Gasteiger partial charge in [-0.05, 0) is 73.8 Å². The molecule has 0 heterocycles. The van der Waals surface area contributed by atoms with Crippen molar-refractivity contribution in [3.63, 3.8) is 0 Å². The number of fused-ring (bicyclic) bond motifs is 4. The van der Waals surface area contributed by atoms with Gasteiger partial charge in [-0.2, -0.15) is 5.26 Å². The van der Waals surface area contributed by atoms with Gasteiger partial charge in [-0.15, -0.1) is 0 Å². The van der Waals surface area contributed by atoms with Crippen LogP contribution in [0.25, 0.3) is 43.4 Å². The topological polar surface area (TPSA) is 72.4 Å². The third kappa shape index (κ3) is 5.15. The summed E-state index contributed by atoms with van der Waals surface area (Å²) < 4.78 is 0. The number of nitrogens with one attached hydrogen (secondary N) is 1. The zero-order valence-electron chi connectivity index (χ0n) is 23.8. The zero-order valence-corrected chi connectivity index (χ0v) is 23.8. The molecule has 4 nitrogen and oxygen atoms in total. The molecule has 7 aromatic carbocycles. The van der Waals surface area contributed by atoms with Crippen molar-refractivity contribution in [3.05, 3.63) is 168 Å². The van der Waals surface area contributed by atoms with Crippen molar-refractivity contribution in [2.45, 2.75) is 0 Å². The first-order chi connectivity index (χ1) is 21.7. The monoisotopic (exact) mass is 562 g/mol. The minimum atomic E-state index is 0.106. The lowest BCUT2D eigenvalue weighted by atomic mass is 9.94. The lowest BCUT2D eigenvalue weighted by Gasteiger charge is -2.11. The van der Waals surface area contributed by atoms with Gasteiger partial charge < -0.3 is 0 Å². The highest BCUT2D eigenvalue weighted by Gasteiger charge is 2.11. The predicted octanol–water partition coefficient (Wildman–Crippen LogP) is 9.58. The fraction of sp³-hybridized carbons (Fsp3) is 0. The molecule has 0 aromatic heterocycles.